The summed E-state index contributed by atoms with van der Waals surface area (Å²) in [5, 5.41) is 0. The Labute approximate surface area is 174 Å². The molecule has 1 aliphatic heterocycles. The molecule has 0 aliphatic carbocycles. The van der Waals surface area contributed by atoms with Crippen molar-refractivity contribution in [2.24, 2.45) is 0 Å². The molecule has 0 spiro atoms. The van der Waals surface area contributed by atoms with E-state index < -0.39 is 23.5 Å². The number of hydrogen-bond acceptors (Lipinski definition) is 3. The molecule has 2 aromatic carbocycles. The first-order chi connectivity index (χ1) is 14.6. The zero-order chi connectivity index (χ0) is 22.5. The van der Waals surface area contributed by atoms with E-state index in [0.29, 0.717) is 22.6 Å². The summed E-state index contributed by atoms with van der Waals surface area (Å²) < 4.78 is 54.0. The standard InChI is InChI=1S/C22H17F4N3O2/c1-12-3-5-15(23)10-19(12)28-11-29(17-7-8-20(30)27-13(17)2)21(31)16-9-14(22(24,25)26)4-6-18(16)28/h3-10H,11H2,1-2H3,(H,27,30). The molecule has 3 aromatic rings. The second-order valence-corrected chi connectivity index (χ2v) is 7.30. The molecule has 0 saturated carbocycles. The minimum atomic E-state index is -4.63. The number of benzene rings is 2. The van der Waals surface area contributed by atoms with Gasteiger partial charge in [-0.1, -0.05) is 6.07 Å². The minimum Gasteiger partial charge on any atom is -0.324 e. The van der Waals surface area contributed by atoms with Crippen LogP contribution >= 0.6 is 0 Å². The molecule has 0 unspecified atom stereocenters. The smallest absolute Gasteiger partial charge is 0.324 e. The van der Waals surface area contributed by atoms with Crippen molar-refractivity contribution >= 4 is 23.0 Å². The van der Waals surface area contributed by atoms with E-state index in [4.69, 9.17) is 0 Å². The molecule has 1 N–H and O–H groups in total. The summed E-state index contributed by atoms with van der Waals surface area (Å²) >= 11 is 0. The lowest BCUT2D eigenvalue weighted by Crippen LogP contribution is -2.46. The van der Waals surface area contributed by atoms with E-state index in [9.17, 15) is 27.2 Å². The number of carbonyl (C=O) groups excluding carboxylic acids is 1. The molecular weight excluding hydrogens is 414 g/mol. The van der Waals surface area contributed by atoms with Crippen LogP contribution in [0.4, 0.5) is 34.6 Å². The molecule has 31 heavy (non-hydrogen) atoms. The first-order valence-corrected chi connectivity index (χ1v) is 9.33. The van der Waals surface area contributed by atoms with E-state index in [0.717, 1.165) is 12.1 Å². The number of aromatic nitrogens is 1. The lowest BCUT2D eigenvalue weighted by atomic mass is 10.0. The van der Waals surface area contributed by atoms with Crippen molar-refractivity contribution in [1.82, 2.24) is 4.98 Å². The Morgan fingerprint density at radius 3 is 2.26 bits per heavy atom. The number of halogens is 4. The number of anilines is 3. The Morgan fingerprint density at radius 2 is 1.58 bits per heavy atom. The molecule has 1 aliphatic rings. The second kappa shape index (κ2) is 7.26. The van der Waals surface area contributed by atoms with Crippen LogP contribution in [-0.2, 0) is 6.18 Å². The van der Waals surface area contributed by atoms with Gasteiger partial charge in [0.15, 0.2) is 0 Å². The third kappa shape index (κ3) is 3.67. The van der Waals surface area contributed by atoms with Crippen LogP contribution in [0.5, 0.6) is 0 Å². The average Bonchev–Trinajstić information content (AvgIpc) is 2.70. The van der Waals surface area contributed by atoms with Crippen LogP contribution in [-0.4, -0.2) is 17.6 Å². The predicted octanol–water partition coefficient (Wildman–Crippen LogP) is 4.91. The summed E-state index contributed by atoms with van der Waals surface area (Å²) in [7, 11) is 0. The first kappa shape index (κ1) is 20.6. The molecule has 0 radical (unpaired) electrons. The number of aromatic amines is 1. The van der Waals surface area contributed by atoms with Crippen LogP contribution in [0.15, 0.2) is 53.3 Å². The lowest BCUT2D eigenvalue weighted by Gasteiger charge is -2.39. The molecule has 5 nitrogen and oxygen atoms in total. The molecule has 0 fully saturated rings. The van der Waals surface area contributed by atoms with Gasteiger partial charge in [-0.15, -0.1) is 0 Å². The fourth-order valence-corrected chi connectivity index (χ4v) is 3.67. The van der Waals surface area contributed by atoms with Gasteiger partial charge in [-0.05, 0) is 55.8 Å². The van der Waals surface area contributed by atoms with E-state index in [-0.39, 0.29) is 23.5 Å². The van der Waals surface area contributed by atoms with Crippen molar-refractivity contribution in [1.29, 1.82) is 0 Å². The molecule has 0 atom stereocenters. The molecule has 0 bridgehead atoms. The number of carbonyl (C=O) groups is 1. The molecular formula is C22H17F4N3O2. The quantitative estimate of drug-likeness (QED) is 0.587. The molecule has 9 heteroatoms. The van der Waals surface area contributed by atoms with Gasteiger partial charge in [0, 0.05) is 17.4 Å². The van der Waals surface area contributed by atoms with Gasteiger partial charge in [0.2, 0.25) is 5.56 Å². The van der Waals surface area contributed by atoms with Crippen molar-refractivity contribution < 1.29 is 22.4 Å². The van der Waals surface area contributed by atoms with E-state index in [1.54, 1.807) is 24.8 Å². The number of nitrogens with zero attached hydrogens (tertiary/aromatic N) is 2. The lowest BCUT2D eigenvalue weighted by molar-refractivity contribution is -0.137. The topological polar surface area (TPSA) is 56.4 Å². The molecule has 4 rings (SSSR count). The van der Waals surface area contributed by atoms with Gasteiger partial charge in [0.1, 0.15) is 12.5 Å². The van der Waals surface area contributed by atoms with E-state index >= 15 is 0 Å². The predicted molar refractivity (Wildman–Crippen MR) is 108 cm³/mol. The number of alkyl halides is 3. The van der Waals surface area contributed by atoms with Crippen molar-refractivity contribution in [2.75, 3.05) is 16.5 Å². The Kier molecular flexibility index (Phi) is 4.83. The second-order valence-electron chi connectivity index (χ2n) is 7.30. The van der Waals surface area contributed by atoms with Crippen LogP contribution in [0.3, 0.4) is 0 Å². The monoisotopic (exact) mass is 431 g/mol. The van der Waals surface area contributed by atoms with Gasteiger partial charge in [-0.2, -0.15) is 13.2 Å². The van der Waals surface area contributed by atoms with Gasteiger partial charge in [-0.25, -0.2) is 4.39 Å². The summed E-state index contributed by atoms with van der Waals surface area (Å²) in [5.74, 6) is -1.17. The summed E-state index contributed by atoms with van der Waals surface area (Å²) in [6, 6.07) is 9.69. The van der Waals surface area contributed by atoms with Crippen molar-refractivity contribution in [3.63, 3.8) is 0 Å². The van der Waals surface area contributed by atoms with Crippen LogP contribution in [0.1, 0.15) is 27.2 Å². The van der Waals surface area contributed by atoms with E-state index in [1.807, 2.05) is 0 Å². The van der Waals surface area contributed by atoms with Crippen LogP contribution in [0.2, 0.25) is 0 Å². The number of H-pyrrole nitrogens is 1. The molecule has 2 heterocycles. The van der Waals surface area contributed by atoms with E-state index in [1.165, 1.54) is 35.2 Å². The van der Waals surface area contributed by atoms with Gasteiger partial charge in [0.25, 0.3) is 5.91 Å². The SMILES string of the molecule is Cc1ccc(F)cc1N1CN(c2ccc(=O)[nH]c2C)C(=O)c2cc(C(F)(F)F)ccc21. The summed E-state index contributed by atoms with van der Waals surface area (Å²) in [6.45, 7) is 3.25. The highest BCUT2D eigenvalue weighted by molar-refractivity contribution is 6.13. The Morgan fingerprint density at radius 1 is 0.871 bits per heavy atom. The number of nitrogens with one attached hydrogen (secondary N) is 1. The number of amides is 1. The summed E-state index contributed by atoms with van der Waals surface area (Å²) in [6.07, 6.45) is -4.63. The molecule has 160 valence electrons. The van der Waals surface area contributed by atoms with Crippen LogP contribution in [0.25, 0.3) is 0 Å². The maximum absolute atomic E-state index is 14.0. The third-order valence-corrected chi connectivity index (χ3v) is 5.21. The largest absolute Gasteiger partial charge is 0.416 e. The van der Waals surface area contributed by atoms with E-state index in [2.05, 4.69) is 4.98 Å². The summed E-state index contributed by atoms with van der Waals surface area (Å²) in [4.78, 5) is 30.2. The normalized spacial score (nSPS) is 14.1. The van der Waals surface area contributed by atoms with Crippen molar-refractivity contribution in [2.45, 2.75) is 20.0 Å². The molecule has 1 aromatic heterocycles. The Bertz CT molecular complexity index is 1250. The highest BCUT2D eigenvalue weighted by Gasteiger charge is 2.37. The maximum atomic E-state index is 14.0. The highest BCUT2D eigenvalue weighted by Crippen LogP contribution is 2.40. The van der Waals surface area contributed by atoms with Crippen LogP contribution in [0, 0.1) is 19.7 Å². The number of rotatable bonds is 2. The van der Waals surface area contributed by atoms with Crippen molar-refractivity contribution in [3.05, 3.63) is 87.1 Å². The fraction of sp³-hybridized carbons (Fsp3) is 0.182. The zero-order valence-electron chi connectivity index (χ0n) is 16.5. The van der Waals surface area contributed by atoms with Gasteiger partial charge >= 0.3 is 6.18 Å². The third-order valence-electron chi connectivity index (χ3n) is 5.21. The van der Waals surface area contributed by atoms with Gasteiger partial charge in [-0.3, -0.25) is 14.5 Å². The number of hydrogen-bond donors (Lipinski definition) is 1. The fourth-order valence-electron chi connectivity index (χ4n) is 3.67. The van der Waals surface area contributed by atoms with Gasteiger partial charge in [0.05, 0.1) is 22.5 Å². The Hall–Kier alpha value is -3.62. The minimum absolute atomic E-state index is 0.0750. The Balaban J connectivity index is 1.94. The maximum Gasteiger partial charge on any atom is 0.416 e. The summed E-state index contributed by atoms with van der Waals surface area (Å²) in [5.41, 5.74) is 0.554. The van der Waals surface area contributed by atoms with Gasteiger partial charge < -0.3 is 9.88 Å². The van der Waals surface area contributed by atoms with Crippen molar-refractivity contribution in [3.8, 4) is 0 Å². The zero-order valence-corrected chi connectivity index (χ0v) is 16.5. The number of fused-ring (bicyclic) bond motifs is 1. The number of pyridine rings is 1. The van der Waals surface area contributed by atoms with Crippen LogP contribution < -0.4 is 15.4 Å². The highest BCUT2D eigenvalue weighted by atomic mass is 19.4. The molecule has 1 amide bonds. The number of aryl methyl sites for hydroxylation is 2. The average molecular weight is 431 g/mol. The molecule has 0 saturated heterocycles. The first-order valence-electron chi connectivity index (χ1n) is 9.33.